The maximum Gasteiger partial charge on any atom is 0.275 e. The van der Waals surface area contributed by atoms with E-state index in [1.807, 2.05) is 44.1 Å². The Morgan fingerprint density at radius 1 is 1.30 bits per heavy atom. The first kappa shape index (κ1) is 14.5. The van der Waals surface area contributed by atoms with Crippen molar-refractivity contribution in [2.45, 2.75) is 6.92 Å². The van der Waals surface area contributed by atoms with Gasteiger partial charge in [0.25, 0.3) is 5.91 Å². The van der Waals surface area contributed by atoms with Crippen LogP contribution in [0.25, 0.3) is 0 Å². The minimum absolute atomic E-state index is 0.224. The summed E-state index contributed by atoms with van der Waals surface area (Å²) in [5.41, 5.74) is 3.28. The van der Waals surface area contributed by atoms with Gasteiger partial charge in [0.15, 0.2) is 0 Å². The van der Waals surface area contributed by atoms with Crippen LogP contribution < -0.4 is 10.2 Å². The van der Waals surface area contributed by atoms with E-state index in [1.54, 1.807) is 18.3 Å². The van der Waals surface area contributed by atoms with E-state index in [2.05, 4.69) is 26.2 Å². The van der Waals surface area contributed by atoms with Gasteiger partial charge in [-0.1, -0.05) is 0 Å². The van der Waals surface area contributed by atoms with Gasteiger partial charge in [0.2, 0.25) is 0 Å². The molecule has 1 N–H and O–H groups in total. The zero-order chi connectivity index (χ0) is 14.7. The van der Waals surface area contributed by atoms with Gasteiger partial charge in [0.05, 0.1) is 0 Å². The predicted octanol–water partition coefficient (Wildman–Crippen LogP) is 3.47. The number of rotatable bonds is 3. The van der Waals surface area contributed by atoms with Crippen LogP contribution in [0, 0.1) is 6.92 Å². The molecule has 0 radical (unpaired) electrons. The van der Waals surface area contributed by atoms with Crippen LogP contribution in [0.4, 0.5) is 11.4 Å². The number of benzene rings is 1. The maximum atomic E-state index is 12.2. The standard InChI is InChI=1S/C15H16BrN3O/c1-10-9-11(19(2)3)6-7-13(10)18-15(20)14-12(16)5-4-8-17-14/h4-9H,1-3H3,(H,18,20). The molecule has 4 nitrogen and oxygen atoms in total. The van der Waals surface area contributed by atoms with Crippen LogP contribution in [0.5, 0.6) is 0 Å². The summed E-state index contributed by atoms with van der Waals surface area (Å²) in [5, 5.41) is 2.88. The van der Waals surface area contributed by atoms with Gasteiger partial charge in [0, 0.05) is 36.1 Å². The predicted molar refractivity (Wildman–Crippen MR) is 85.4 cm³/mol. The van der Waals surface area contributed by atoms with Crippen LogP contribution >= 0.6 is 15.9 Å². The first-order valence-electron chi connectivity index (χ1n) is 6.19. The van der Waals surface area contributed by atoms with Crippen molar-refractivity contribution in [3.8, 4) is 0 Å². The van der Waals surface area contributed by atoms with E-state index in [0.29, 0.717) is 10.2 Å². The summed E-state index contributed by atoms with van der Waals surface area (Å²) in [6.07, 6.45) is 1.60. The molecule has 104 valence electrons. The molecule has 0 saturated heterocycles. The highest BCUT2D eigenvalue weighted by molar-refractivity contribution is 9.10. The number of nitrogens with zero attached hydrogens (tertiary/aromatic N) is 2. The van der Waals surface area contributed by atoms with Crippen molar-refractivity contribution in [2.75, 3.05) is 24.3 Å². The van der Waals surface area contributed by atoms with Crippen LogP contribution in [0.15, 0.2) is 41.0 Å². The average Bonchev–Trinajstić information content (AvgIpc) is 2.41. The number of aryl methyl sites for hydroxylation is 1. The van der Waals surface area contributed by atoms with Gasteiger partial charge in [-0.3, -0.25) is 4.79 Å². The first-order valence-corrected chi connectivity index (χ1v) is 6.98. The van der Waals surface area contributed by atoms with Crippen molar-refractivity contribution in [2.24, 2.45) is 0 Å². The third-order valence-electron chi connectivity index (χ3n) is 2.95. The van der Waals surface area contributed by atoms with Gasteiger partial charge in [-0.2, -0.15) is 0 Å². The summed E-state index contributed by atoms with van der Waals surface area (Å²) in [6.45, 7) is 1.97. The molecule has 0 aliphatic heterocycles. The fourth-order valence-corrected chi connectivity index (χ4v) is 2.24. The summed E-state index contributed by atoms with van der Waals surface area (Å²) in [6, 6.07) is 9.47. The molecule has 0 aliphatic carbocycles. The minimum atomic E-state index is -0.224. The zero-order valence-electron chi connectivity index (χ0n) is 11.6. The number of anilines is 2. The van der Waals surface area contributed by atoms with Crippen LogP contribution in [0.2, 0.25) is 0 Å². The third-order valence-corrected chi connectivity index (χ3v) is 3.59. The molecule has 20 heavy (non-hydrogen) atoms. The molecule has 1 amide bonds. The Labute approximate surface area is 127 Å². The van der Waals surface area contributed by atoms with E-state index >= 15 is 0 Å². The molecule has 2 rings (SSSR count). The molecular weight excluding hydrogens is 318 g/mol. The van der Waals surface area contributed by atoms with E-state index in [4.69, 9.17) is 0 Å². The molecule has 1 aromatic heterocycles. The van der Waals surface area contributed by atoms with Crippen molar-refractivity contribution in [3.05, 3.63) is 52.3 Å². The van der Waals surface area contributed by atoms with Gasteiger partial charge >= 0.3 is 0 Å². The summed E-state index contributed by atoms with van der Waals surface area (Å²) in [7, 11) is 3.97. The highest BCUT2D eigenvalue weighted by Crippen LogP contribution is 2.22. The maximum absolute atomic E-state index is 12.2. The van der Waals surface area contributed by atoms with E-state index in [1.165, 1.54) is 0 Å². The van der Waals surface area contributed by atoms with Crippen molar-refractivity contribution >= 4 is 33.2 Å². The quantitative estimate of drug-likeness (QED) is 0.935. The van der Waals surface area contributed by atoms with Crippen molar-refractivity contribution in [1.82, 2.24) is 4.98 Å². The topological polar surface area (TPSA) is 45.2 Å². The fraction of sp³-hybridized carbons (Fsp3) is 0.200. The molecule has 0 aliphatic rings. The van der Waals surface area contributed by atoms with Crippen molar-refractivity contribution < 1.29 is 4.79 Å². The number of nitrogens with one attached hydrogen (secondary N) is 1. The molecule has 0 fully saturated rings. The number of carbonyl (C=O) groups is 1. The molecule has 0 bridgehead atoms. The second kappa shape index (κ2) is 6.05. The smallest absolute Gasteiger partial charge is 0.275 e. The normalized spacial score (nSPS) is 10.2. The summed E-state index contributed by atoms with van der Waals surface area (Å²) in [4.78, 5) is 18.3. The highest BCUT2D eigenvalue weighted by Gasteiger charge is 2.12. The SMILES string of the molecule is Cc1cc(N(C)C)ccc1NC(=O)c1ncccc1Br. The molecule has 1 aromatic carbocycles. The van der Waals surface area contributed by atoms with Gasteiger partial charge < -0.3 is 10.2 Å². The summed E-state index contributed by atoms with van der Waals surface area (Å²) in [5.74, 6) is -0.224. The molecule has 0 saturated carbocycles. The number of pyridine rings is 1. The number of carbonyl (C=O) groups excluding carboxylic acids is 1. The Bertz CT molecular complexity index is 641. The van der Waals surface area contributed by atoms with E-state index in [-0.39, 0.29) is 5.91 Å². The Morgan fingerprint density at radius 3 is 2.65 bits per heavy atom. The molecule has 2 aromatic rings. The van der Waals surface area contributed by atoms with Crippen LogP contribution in [-0.4, -0.2) is 25.0 Å². The van der Waals surface area contributed by atoms with Gasteiger partial charge in [-0.05, 0) is 58.7 Å². The minimum Gasteiger partial charge on any atom is -0.378 e. The van der Waals surface area contributed by atoms with Gasteiger partial charge in [-0.15, -0.1) is 0 Å². The molecule has 0 spiro atoms. The van der Waals surface area contributed by atoms with Crippen molar-refractivity contribution in [1.29, 1.82) is 0 Å². The summed E-state index contributed by atoms with van der Waals surface area (Å²) < 4.78 is 0.681. The van der Waals surface area contributed by atoms with E-state index < -0.39 is 0 Å². The Morgan fingerprint density at radius 2 is 2.05 bits per heavy atom. The number of halogens is 1. The second-order valence-electron chi connectivity index (χ2n) is 4.68. The van der Waals surface area contributed by atoms with Gasteiger partial charge in [-0.25, -0.2) is 4.98 Å². The largest absolute Gasteiger partial charge is 0.378 e. The van der Waals surface area contributed by atoms with Crippen LogP contribution in [-0.2, 0) is 0 Å². The number of hydrogen-bond donors (Lipinski definition) is 1. The molecule has 1 heterocycles. The Balaban J connectivity index is 2.22. The molecule has 0 unspecified atom stereocenters. The zero-order valence-corrected chi connectivity index (χ0v) is 13.2. The lowest BCUT2D eigenvalue weighted by Gasteiger charge is -2.15. The van der Waals surface area contributed by atoms with Gasteiger partial charge in [0.1, 0.15) is 5.69 Å². The second-order valence-corrected chi connectivity index (χ2v) is 5.54. The van der Waals surface area contributed by atoms with Crippen LogP contribution in [0.3, 0.4) is 0 Å². The van der Waals surface area contributed by atoms with Crippen molar-refractivity contribution in [3.63, 3.8) is 0 Å². The average molecular weight is 334 g/mol. The monoisotopic (exact) mass is 333 g/mol. The lowest BCUT2D eigenvalue weighted by Crippen LogP contribution is -2.15. The number of aromatic nitrogens is 1. The molecule has 0 atom stereocenters. The van der Waals surface area contributed by atoms with E-state index in [0.717, 1.165) is 16.9 Å². The lowest BCUT2D eigenvalue weighted by molar-refractivity contribution is 0.102. The summed E-state index contributed by atoms with van der Waals surface area (Å²) >= 11 is 3.33. The third kappa shape index (κ3) is 3.17. The fourth-order valence-electron chi connectivity index (χ4n) is 1.80. The molecule has 5 heteroatoms. The first-order chi connectivity index (χ1) is 9.49. The Kier molecular flexibility index (Phi) is 4.39. The number of amides is 1. The number of hydrogen-bond acceptors (Lipinski definition) is 3. The van der Waals surface area contributed by atoms with Crippen LogP contribution in [0.1, 0.15) is 16.1 Å². The Hall–Kier alpha value is -1.88. The molecular formula is C15H16BrN3O. The highest BCUT2D eigenvalue weighted by atomic mass is 79.9. The van der Waals surface area contributed by atoms with E-state index in [9.17, 15) is 4.79 Å². The lowest BCUT2D eigenvalue weighted by atomic mass is 10.1.